The first-order valence-electron chi connectivity index (χ1n) is 5.12. The Morgan fingerprint density at radius 1 is 1.28 bits per heavy atom. The Hall–Kier alpha value is -0.220. The van der Waals surface area contributed by atoms with Crippen molar-refractivity contribution >= 4 is 56.6 Å². The van der Waals surface area contributed by atoms with Gasteiger partial charge in [-0.25, -0.2) is 0 Å². The first kappa shape index (κ1) is 15.8. The minimum atomic E-state index is -0.254. The van der Waals surface area contributed by atoms with E-state index in [0.29, 0.717) is 11.5 Å². The first-order chi connectivity index (χ1) is 8.40. The summed E-state index contributed by atoms with van der Waals surface area (Å²) in [4.78, 5) is 11.2. The second-order valence-electron chi connectivity index (χ2n) is 3.67. The molecular weight excluding hydrogens is 360 g/mol. The highest BCUT2D eigenvalue weighted by Crippen LogP contribution is 2.29. The van der Waals surface area contributed by atoms with Gasteiger partial charge in [0.1, 0.15) is 4.49 Å². The van der Waals surface area contributed by atoms with Crippen LogP contribution in [0, 0.1) is 0 Å². The van der Waals surface area contributed by atoms with E-state index in [9.17, 15) is 4.79 Å². The molecule has 6 heteroatoms. The molecule has 1 aromatic carbocycles. The van der Waals surface area contributed by atoms with Gasteiger partial charge in [-0.3, -0.25) is 4.79 Å². The van der Waals surface area contributed by atoms with Gasteiger partial charge < -0.3 is 5.32 Å². The molecule has 0 aliphatic rings. The Morgan fingerprint density at radius 3 is 2.28 bits per heavy atom. The van der Waals surface area contributed by atoms with E-state index in [1.807, 2.05) is 24.3 Å². The highest BCUT2D eigenvalue weighted by atomic mass is 79.9. The van der Waals surface area contributed by atoms with Crippen LogP contribution in [0.1, 0.15) is 24.9 Å². The fourth-order valence-corrected chi connectivity index (χ4v) is 2.02. The number of benzene rings is 1. The van der Waals surface area contributed by atoms with Crippen molar-refractivity contribution in [2.24, 2.45) is 0 Å². The number of nitrogens with one attached hydrogen (secondary N) is 1. The molecule has 0 aliphatic heterocycles. The molecule has 0 bridgehead atoms. The highest BCUT2D eigenvalue weighted by Gasteiger charge is 2.15. The summed E-state index contributed by atoms with van der Waals surface area (Å²) in [5, 5.41) is 3.13. The van der Waals surface area contributed by atoms with E-state index in [0.717, 1.165) is 10.0 Å². The van der Waals surface area contributed by atoms with Crippen LogP contribution in [0.4, 0.5) is 0 Å². The molecule has 18 heavy (non-hydrogen) atoms. The topological polar surface area (TPSA) is 29.1 Å². The quantitative estimate of drug-likeness (QED) is 0.801. The number of amides is 1. The average Bonchev–Trinajstić information content (AvgIpc) is 2.28. The molecule has 2 nitrogen and oxygen atoms in total. The van der Waals surface area contributed by atoms with E-state index in [4.69, 9.17) is 34.8 Å². The molecule has 0 aliphatic carbocycles. The molecule has 1 rings (SSSR count). The van der Waals surface area contributed by atoms with Gasteiger partial charge in [-0.1, -0.05) is 62.9 Å². The van der Waals surface area contributed by atoms with E-state index in [1.54, 1.807) is 0 Å². The third kappa shape index (κ3) is 5.19. The summed E-state index contributed by atoms with van der Waals surface area (Å²) in [6, 6.07) is 7.33. The van der Waals surface area contributed by atoms with Crippen LogP contribution < -0.4 is 5.32 Å². The van der Waals surface area contributed by atoms with Crippen molar-refractivity contribution in [2.75, 3.05) is 0 Å². The van der Waals surface area contributed by atoms with Gasteiger partial charge in [0, 0.05) is 17.8 Å². The van der Waals surface area contributed by atoms with Gasteiger partial charge in [0.25, 0.3) is 0 Å². The fraction of sp³-hybridized carbons (Fsp3) is 0.250. The molecule has 1 amide bonds. The number of carbonyl (C=O) groups is 1. The summed E-state index contributed by atoms with van der Waals surface area (Å²) < 4.78 is 0.981. The number of halogens is 4. The average molecular weight is 371 g/mol. The van der Waals surface area contributed by atoms with Crippen LogP contribution in [0.5, 0.6) is 0 Å². The van der Waals surface area contributed by atoms with Crippen molar-refractivity contribution in [3.05, 3.63) is 43.8 Å². The molecule has 0 saturated heterocycles. The molecule has 1 N–H and O–H groups in total. The van der Waals surface area contributed by atoms with Crippen molar-refractivity contribution in [2.45, 2.75) is 19.4 Å². The Labute approximate surface area is 129 Å². The predicted octanol–water partition coefficient (Wildman–Crippen LogP) is 4.90. The minimum absolute atomic E-state index is 0.0177. The van der Waals surface area contributed by atoms with Crippen LogP contribution in [0.15, 0.2) is 38.3 Å². The zero-order chi connectivity index (χ0) is 13.7. The molecule has 0 heterocycles. The molecule has 0 fully saturated rings. The second-order valence-corrected chi connectivity index (χ2v) is 6.00. The molecule has 0 saturated carbocycles. The summed E-state index contributed by atoms with van der Waals surface area (Å²) in [5.41, 5.74) is 0.932. The third-order valence-electron chi connectivity index (χ3n) is 2.24. The zero-order valence-electron chi connectivity index (χ0n) is 9.51. The molecular formula is C12H11BrCl3NO. The van der Waals surface area contributed by atoms with Crippen molar-refractivity contribution < 1.29 is 4.79 Å². The third-order valence-corrected chi connectivity index (χ3v) is 3.76. The molecule has 0 aromatic heterocycles. The lowest BCUT2D eigenvalue weighted by Gasteiger charge is -2.18. The normalized spacial score (nSPS) is 11.8. The monoisotopic (exact) mass is 369 g/mol. The van der Waals surface area contributed by atoms with Crippen molar-refractivity contribution in [1.29, 1.82) is 0 Å². The van der Waals surface area contributed by atoms with Gasteiger partial charge in [0.15, 0.2) is 0 Å². The summed E-state index contributed by atoms with van der Waals surface area (Å²) in [7, 11) is 0. The van der Waals surface area contributed by atoms with Crippen LogP contribution in [0.3, 0.4) is 0 Å². The second kappa shape index (κ2) is 7.39. The SMILES string of the molecule is CC(=O)NC(CC(Cl)=C(Cl)Cl)c1ccc(Br)cc1. The van der Waals surface area contributed by atoms with Crippen LogP contribution >= 0.6 is 50.7 Å². The molecule has 0 radical (unpaired) electrons. The van der Waals surface area contributed by atoms with Gasteiger partial charge in [0.2, 0.25) is 5.91 Å². The Kier molecular flexibility index (Phi) is 6.50. The van der Waals surface area contributed by atoms with E-state index in [1.165, 1.54) is 6.92 Å². The lowest BCUT2D eigenvalue weighted by Crippen LogP contribution is -2.26. The van der Waals surface area contributed by atoms with E-state index < -0.39 is 0 Å². The summed E-state index contributed by atoms with van der Waals surface area (Å²) in [5.74, 6) is -0.141. The number of carbonyl (C=O) groups excluding carboxylic acids is 1. The summed E-state index contributed by atoms with van der Waals surface area (Å²) >= 11 is 20.5. The molecule has 1 aromatic rings. The molecule has 98 valence electrons. The number of hydrogen-bond donors (Lipinski definition) is 1. The smallest absolute Gasteiger partial charge is 0.217 e. The number of hydrogen-bond acceptors (Lipinski definition) is 1. The van der Waals surface area contributed by atoms with E-state index in [-0.39, 0.29) is 16.4 Å². The highest BCUT2D eigenvalue weighted by molar-refractivity contribution is 9.10. The summed E-state index contributed by atoms with van der Waals surface area (Å²) in [6.07, 6.45) is 0.352. The molecule has 1 atom stereocenters. The molecule has 1 unspecified atom stereocenters. The fourth-order valence-electron chi connectivity index (χ4n) is 1.45. The van der Waals surface area contributed by atoms with Crippen LogP contribution in [-0.2, 0) is 4.79 Å². The van der Waals surface area contributed by atoms with Gasteiger partial charge in [-0.2, -0.15) is 0 Å². The van der Waals surface area contributed by atoms with E-state index in [2.05, 4.69) is 21.2 Å². The number of rotatable bonds is 4. The van der Waals surface area contributed by atoms with Gasteiger partial charge in [-0.15, -0.1) is 0 Å². The lowest BCUT2D eigenvalue weighted by molar-refractivity contribution is -0.119. The lowest BCUT2D eigenvalue weighted by atomic mass is 10.0. The first-order valence-corrected chi connectivity index (χ1v) is 7.05. The minimum Gasteiger partial charge on any atom is -0.349 e. The zero-order valence-corrected chi connectivity index (χ0v) is 13.4. The van der Waals surface area contributed by atoms with Crippen molar-refractivity contribution in [3.8, 4) is 0 Å². The van der Waals surface area contributed by atoms with Crippen LogP contribution in [0.2, 0.25) is 0 Å². The maximum Gasteiger partial charge on any atom is 0.217 e. The molecule has 0 spiro atoms. The van der Waals surface area contributed by atoms with Crippen LogP contribution in [0.25, 0.3) is 0 Å². The van der Waals surface area contributed by atoms with Crippen LogP contribution in [-0.4, -0.2) is 5.91 Å². The van der Waals surface area contributed by atoms with Crippen molar-refractivity contribution in [3.63, 3.8) is 0 Å². The standard InChI is InChI=1S/C12H11BrCl3NO/c1-7(18)17-11(6-10(14)12(15)16)8-2-4-9(13)5-3-8/h2-5,11H,6H2,1H3,(H,17,18). The Balaban J connectivity index is 2.94. The van der Waals surface area contributed by atoms with Crippen molar-refractivity contribution in [1.82, 2.24) is 5.32 Å². The van der Waals surface area contributed by atoms with Gasteiger partial charge in [0.05, 0.1) is 11.1 Å². The van der Waals surface area contributed by atoms with Gasteiger partial charge in [-0.05, 0) is 17.7 Å². The van der Waals surface area contributed by atoms with E-state index >= 15 is 0 Å². The van der Waals surface area contributed by atoms with Gasteiger partial charge >= 0.3 is 0 Å². The Morgan fingerprint density at radius 2 is 1.83 bits per heavy atom. The predicted molar refractivity (Wildman–Crippen MR) is 79.9 cm³/mol. The largest absolute Gasteiger partial charge is 0.349 e. The summed E-state index contributed by atoms with van der Waals surface area (Å²) in [6.45, 7) is 1.45. The Bertz CT molecular complexity index is 455. The maximum atomic E-state index is 11.2. The maximum absolute atomic E-state index is 11.2.